The first kappa shape index (κ1) is 12.1. The van der Waals surface area contributed by atoms with Crippen LogP contribution in [0.1, 0.15) is 23.6 Å². The van der Waals surface area contributed by atoms with E-state index in [0.29, 0.717) is 0 Å². The minimum Gasteiger partial charge on any atom is -0.376 e. The number of alkyl halides is 2. The van der Waals surface area contributed by atoms with E-state index in [1.54, 1.807) is 12.4 Å². The van der Waals surface area contributed by atoms with Crippen LogP contribution in [0.25, 0.3) is 0 Å². The highest BCUT2D eigenvalue weighted by atomic mass is 19.3. The predicted molar refractivity (Wildman–Crippen MR) is 69.4 cm³/mol. The molecule has 1 aliphatic carbocycles. The summed E-state index contributed by atoms with van der Waals surface area (Å²) in [5.41, 5.74) is 3.45. The molecule has 19 heavy (non-hydrogen) atoms. The molecule has 0 saturated heterocycles. The Morgan fingerprint density at radius 1 is 1.37 bits per heavy atom. The van der Waals surface area contributed by atoms with E-state index in [0.717, 1.165) is 18.5 Å². The van der Waals surface area contributed by atoms with Crippen LogP contribution in [0.15, 0.2) is 36.7 Å². The van der Waals surface area contributed by atoms with Gasteiger partial charge in [-0.05, 0) is 24.0 Å². The predicted octanol–water partition coefficient (Wildman–Crippen LogP) is 3.25. The van der Waals surface area contributed by atoms with Crippen LogP contribution < -0.4 is 5.32 Å². The zero-order valence-corrected chi connectivity index (χ0v) is 10.4. The molecule has 1 atom stereocenters. The number of nitrogens with one attached hydrogen (secondary N) is 1. The van der Waals surface area contributed by atoms with Crippen molar-refractivity contribution in [3.63, 3.8) is 0 Å². The lowest BCUT2D eigenvalue weighted by Gasteiger charge is -2.13. The molecule has 3 rings (SSSR count). The molecule has 1 aliphatic rings. The van der Waals surface area contributed by atoms with Crippen molar-refractivity contribution >= 4 is 5.69 Å². The largest absolute Gasteiger partial charge is 0.376 e. The van der Waals surface area contributed by atoms with Crippen molar-refractivity contribution in [2.24, 2.45) is 0 Å². The Hall–Kier alpha value is -1.91. The fraction of sp³-hybridized carbons (Fsp3) is 0.357. The van der Waals surface area contributed by atoms with E-state index in [4.69, 9.17) is 0 Å². The van der Waals surface area contributed by atoms with Gasteiger partial charge in [-0.15, -0.1) is 0 Å². The molecule has 0 unspecified atom stereocenters. The van der Waals surface area contributed by atoms with E-state index >= 15 is 0 Å². The molecule has 2 aromatic rings. The number of fused-ring (bicyclic) bond motifs is 1. The summed E-state index contributed by atoms with van der Waals surface area (Å²) >= 11 is 0. The third-order valence-electron chi connectivity index (χ3n) is 3.43. The van der Waals surface area contributed by atoms with Crippen molar-refractivity contribution in [2.75, 3.05) is 5.32 Å². The Morgan fingerprint density at radius 2 is 2.21 bits per heavy atom. The Morgan fingerprint density at radius 3 is 3.05 bits per heavy atom. The van der Waals surface area contributed by atoms with Crippen LogP contribution >= 0.6 is 0 Å². The van der Waals surface area contributed by atoms with Gasteiger partial charge in [0.25, 0.3) is 6.43 Å². The van der Waals surface area contributed by atoms with Crippen LogP contribution in [-0.4, -0.2) is 16.2 Å². The minimum absolute atomic E-state index is 0.250. The number of rotatable bonds is 4. The van der Waals surface area contributed by atoms with Crippen LogP contribution in [0.5, 0.6) is 0 Å². The molecule has 1 aromatic heterocycles. The molecule has 0 amide bonds. The quantitative estimate of drug-likeness (QED) is 0.917. The molecular formula is C14H15F2N3. The van der Waals surface area contributed by atoms with Crippen molar-refractivity contribution < 1.29 is 8.78 Å². The first-order chi connectivity index (χ1) is 9.22. The number of halogens is 2. The molecule has 0 aliphatic heterocycles. The summed E-state index contributed by atoms with van der Waals surface area (Å²) < 4.78 is 25.8. The maximum Gasteiger partial charge on any atom is 0.257 e. The van der Waals surface area contributed by atoms with Crippen LogP contribution in [0.3, 0.4) is 0 Å². The Balaban J connectivity index is 1.71. The maximum atomic E-state index is 12.3. The monoisotopic (exact) mass is 263 g/mol. The highest BCUT2D eigenvalue weighted by Gasteiger charge is 2.21. The molecule has 0 radical (unpaired) electrons. The molecule has 0 spiro atoms. The molecule has 1 N–H and O–H groups in total. The number of hydrogen-bond acceptors (Lipinski definition) is 2. The van der Waals surface area contributed by atoms with Gasteiger partial charge in [0, 0.05) is 6.20 Å². The summed E-state index contributed by atoms with van der Waals surface area (Å²) in [5, 5.41) is 7.29. The smallest absolute Gasteiger partial charge is 0.257 e. The third kappa shape index (κ3) is 2.59. The number of nitrogens with zero attached hydrogens (tertiary/aromatic N) is 2. The molecule has 0 saturated carbocycles. The molecule has 0 fully saturated rings. The number of benzene rings is 1. The van der Waals surface area contributed by atoms with Gasteiger partial charge in [0.05, 0.1) is 17.9 Å². The zero-order valence-electron chi connectivity index (χ0n) is 10.4. The van der Waals surface area contributed by atoms with Crippen LogP contribution in [0.2, 0.25) is 0 Å². The zero-order chi connectivity index (χ0) is 13.2. The normalized spacial score (nSPS) is 17.7. The summed E-state index contributed by atoms with van der Waals surface area (Å²) in [6, 6.07) is 8.57. The highest BCUT2D eigenvalue weighted by Crippen LogP contribution is 2.33. The van der Waals surface area contributed by atoms with Gasteiger partial charge < -0.3 is 5.32 Å². The van der Waals surface area contributed by atoms with Gasteiger partial charge in [-0.1, -0.05) is 24.3 Å². The summed E-state index contributed by atoms with van der Waals surface area (Å²) in [7, 11) is 0. The molecule has 1 aromatic carbocycles. The van der Waals surface area contributed by atoms with E-state index in [2.05, 4.69) is 22.5 Å². The molecule has 0 bridgehead atoms. The van der Waals surface area contributed by atoms with E-state index in [-0.39, 0.29) is 12.6 Å². The fourth-order valence-electron chi connectivity index (χ4n) is 2.59. The second-order valence-electron chi connectivity index (χ2n) is 4.78. The first-order valence-electron chi connectivity index (χ1n) is 6.37. The lowest BCUT2D eigenvalue weighted by Crippen LogP contribution is -2.08. The second kappa shape index (κ2) is 4.99. The third-order valence-corrected chi connectivity index (χ3v) is 3.43. The average Bonchev–Trinajstić information content (AvgIpc) is 2.97. The standard InChI is InChI=1S/C14H15F2N3/c15-14(16)9-19-8-11(7-17-19)18-13-6-5-10-3-1-2-4-12(10)13/h1-4,7-8,13-14,18H,5-6,9H2/t13-/m1/s1. The van der Waals surface area contributed by atoms with Gasteiger partial charge in [0.15, 0.2) is 0 Å². The Kier molecular flexibility index (Phi) is 3.19. The molecule has 1 heterocycles. The van der Waals surface area contributed by atoms with E-state index in [1.807, 2.05) is 12.1 Å². The molecule has 3 nitrogen and oxygen atoms in total. The van der Waals surface area contributed by atoms with Crippen LogP contribution in [0, 0.1) is 0 Å². The van der Waals surface area contributed by atoms with Gasteiger partial charge in [0.2, 0.25) is 0 Å². The number of aromatic nitrogens is 2. The maximum absolute atomic E-state index is 12.3. The highest BCUT2D eigenvalue weighted by molar-refractivity contribution is 5.45. The number of hydrogen-bond donors (Lipinski definition) is 1. The molecular weight excluding hydrogens is 248 g/mol. The Bertz CT molecular complexity index is 565. The lowest BCUT2D eigenvalue weighted by atomic mass is 10.1. The number of anilines is 1. The van der Waals surface area contributed by atoms with E-state index in [9.17, 15) is 8.78 Å². The van der Waals surface area contributed by atoms with Crippen molar-refractivity contribution in [2.45, 2.75) is 31.9 Å². The van der Waals surface area contributed by atoms with Gasteiger partial charge in [-0.25, -0.2) is 8.78 Å². The van der Waals surface area contributed by atoms with E-state index < -0.39 is 6.43 Å². The van der Waals surface area contributed by atoms with Gasteiger partial charge in [-0.2, -0.15) is 5.10 Å². The van der Waals surface area contributed by atoms with Crippen LogP contribution in [0.4, 0.5) is 14.5 Å². The number of aryl methyl sites for hydroxylation is 1. The van der Waals surface area contributed by atoms with Gasteiger partial charge in [0.1, 0.15) is 6.54 Å². The molecule has 5 heteroatoms. The van der Waals surface area contributed by atoms with Crippen molar-refractivity contribution in [3.05, 3.63) is 47.8 Å². The van der Waals surface area contributed by atoms with Crippen molar-refractivity contribution in [1.82, 2.24) is 9.78 Å². The summed E-state index contributed by atoms with van der Waals surface area (Å²) in [5.74, 6) is 0. The average molecular weight is 263 g/mol. The topological polar surface area (TPSA) is 29.9 Å². The van der Waals surface area contributed by atoms with Crippen molar-refractivity contribution in [1.29, 1.82) is 0 Å². The SMILES string of the molecule is FC(F)Cn1cc(N[C@@H]2CCc3ccccc32)cn1. The summed E-state index contributed by atoms with van der Waals surface area (Å²) in [4.78, 5) is 0. The summed E-state index contributed by atoms with van der Waals surface area (Å²) in [6.07, 6.45) is 2.94. The van der Waals surface area contributed by atoms with E-state index in [1.165, 1.54) is 15.8 Å². The van der Waals surface area contributed by atoms with Crippen LogP contribution in [-0.2, 0) is 13.0 Å². The molecule has 100 valence electrons. The van der Waals surface area contributed by atoms with Gasteiger partial charge >= 0.3 is 0 Å². The lowest BCUT2D eigenvalue weighted by molar-refractivity contribution is 0.122. The summed E-state index contributed by atoms with van der Waals surface area (Å²) in [6.45, 7) is -0.358. The van der Waals surface area contributed by atoms with Crippen molar-refractivity contribution in [3.8, 4) is 0 Å². The fourth-order valence-corrected chi connectivity index (χ4v) is 2.59. The van der Waals surface area contributed by atoms with Gasteiger partial charge in [-0.3, -0.25) is 4.68 Å². The minimum atomic E-state index is -2.38. The Labute approximate surface area is 110 Å². The first-order valence-corrected chi connectivity index (χ1v) is 6.37. The second-order valence-corrected chi connectivity index (χ2v) is 4.78.